The highest BCUT2D eigenvalue weighted by atomic mass is 35.5. The molecule has 1 aliphatic heterocycles. The molecule has 0 spiro atoms. The van der Waals surface area contributed by atoms with E-state index in [0.29, 0.717) is 46.4 Å². The van der Waals surface area contributed by atoms with E-state index in [-0.39, 0.29) is 36.1 Å². The van der Waals surface area contributed by atoms with Gasteiger partial charge in [0.2, 0.25) is 6.79 Å². The number of nitrogens with zero attached hydrogens (tertiary/aromatic N) is 1. The van der Waals surface area contributed by atoms with Crippen LogP contribution in [0.3, 0.4) is 0 Å². The number of anilines is 1. The molecule has 3 aromatic rings. The summed E-state index contributed by atoms with van der Waals surface area (Å²) in [6.45, 7) is 4.82. The molecular weight excluding hydrogens is 485 g/mol. The number of hydrogen-bond acceptors (Lipinski definition) is 5. The van der Waals surface area contributed by atoms with Gasteiger partial charge in [-0.3, -0.25) is 9.59 Å². The lowest BCUT2D eigenvalue weighted by Gasteiger charge is -2.32. The Morgan fingerprint density at radius 1 is 1.06 bits per heavy atom. The maximum absolute atomic E-state index is 13.8. The van der Waals surface area contributed by atoms with Gasteiger partial charge in [-0.15, -0.1) is 0 Å². The predicted molar refractivity (Wildman–Crippen MR) is 136 cm³/mol. The first-order valence-corrected chi connectivity index (χ1v) is 11.8. The van der Waals surface area contributed by atoms with E-state index in [0.717, 1.165) is 0 Å². The molecule has 4 rings (SSSR count). The lowest BCUT2D eigenvalue weighted by Crippen LogP contribution is -2.41. The second-order valence-electron chi connectivity index (χ2n) is 9.37. The van der Waals surface area contributed by atoms with E-state index in [1.54, 1.807) is 47.4 Å². The highest BCUT2D eigenvalue weighted by Crippen LogP contribution is 2.33. The highest BCUT2D eigenvalue weighted by molar-refractivity contribution is 6.31. The molecule has 0 fully saturated rings. The molecule has 36 heavy (non-hydrogen) atoms. The second-order valence-corrected chi connectivity index (χ2v) is 9.78. The Balaban J connectivity index is 1.57. The van der Waals surface area contributed by atoms with Crippen molar-refractivity contribution in [2.24, 2.45) is 11.1 Å². The Hall–Kier alpha value is -3.62. The third-order valence-corrected chi connectivity index (χ3v) is 6.20. The fourth-order valence-corrected chi connectivity index (χ4v) is 3.98. The zero-order chi connectivity index (χ0) is 25.9. The van der Waals surface area contributed by atoms with Gasteiger partial charge in [0.1, 0.15) is 5.82 Å². The number of carbonyl (C=O) groups excluding carboxylic acids is 2. The summed E-state index contributed by atoms with van der Waals surface area (Å²) >= 11 is 6.47. The molecule has 0 bridgehead atoms. The standard InChI is InChI=1S/C27H27ClFN3O4/c1-27(2,14-30)15-32(26(34)18-4-3-5-20(29)10-18)13-19-11-21(7-8-22(19)28)31-25(33)17-6-9-23-24(12-17)36-16-35-23/h3-12H,13-16,30H2,1-2H3,(H,31,33). The van der Waals surface area contributed by atoms with Crippen molar-refractivity contribution in [2.45, 2.75) is 20.4 Å². The van der Waals surface area contributed by atoms with Crippen LogP contribution in [0.15, 0.2) is 60.7 Å². The van der Waals surface area contributed by atoms with Crippen molar-refractivity contribution in [3.8, 4) is 11.5 Å². The Bertz CT molecular complexity index is 1300. The number of nitrogens with two attached hydrogens (primary N) is 1. The number of halogens is 2. The second kappa shape index (κ2) is 10.6. The van der Waals surface area contributed by atoms with Gasteiger partial charge in [-0.05, 0) is 72.1 Å². The van der Waals surface area contributed by atoms with Crippen molar-refractivity contribution < 1.29 is 23.5 Å². The zero-order valence-corrected chi connectivity index (χ0v) is 20.8. The SMILES string of the molecule is CC(C)(CN)CN(Cc1cc(NC(=O)c2ccc3c(c2)OCO3)ccc1Cl)C(=O)c1cccc(F)c1. The minimum Gasteiger partial charge on any atom is -0.454 e. The van der Waals surface area contributed by atoms with E-state index < -0.39 is 5.82 Å². The van der Waals surface area contributed by atoms with E-state index in [4.69, 9.17) is 26.8 Å². The third-order valence-electron chi connectivity index (χ3n) is 5.83. The van der Waals surface area contributed by atoms with Gasteiger partial charge in [0, 0.05) is 34.9 Å². The number of carbonyl (C=O) groups is 2. The van der Waals surface area contributed by atoms with E-state index in [1.165, 1.54) is 18.2 Å². The molecule has 7 nitrogen and oxygen atoms in total. The summed E-state index contributed by atoms with van der Waals surface area (Å²) in [5.74, 6) is -0.0807. The molecule has 1 aliphatic rings. The number of benzene rings is 3. The summed E-state index contributed by atoms with van der Waals surface area (Å²) in [5.41, 5.74) is 7.30. The molecule has 3 N–H and O–H groups in total. The number of hydrogen-bond donors (Lipinski definition) is 2. The zero-order valence-electron chi connectivity index (χ0n) is 20.0. The summed E-state index contributed by atoms with van der Waals surface area (Å²) < 4.78 is 24.4. The average molecular weight is 512 g/mol. The summed E-state index contributed by atoms with van der Waals surface area (Å²) in [5, 5.41) is 3.28. The fourth-order valence-electron chi connectivity index (χ4n) is 3.81. The molecule has 3 aromatic carbocycles. The van der Waals surface area contributed by atoms with Crippen LogP contribution in [0.5, 0.6) is 11.5 Å². The molecule has 0 saturated heterocycles. The Kier molecular flexibility index (Phi) is 7.47. The van der Waals surface area contributed by atoms with Crippen LogP contribution in [-0.4, -0.2) is 36.6 Å². The number of ether oxygens (including phenoxy) is 2. The topological polar surface area (TPSA) is 93.9 Å². The molecule has 188 valence electrons. The van der Waals surface area contributed by atoms with Crippen LogP contribution in [0.25, 0.3) is 0 Å². The monoisotopic (exact) mass is 511 g/mol. The van der Waals surface area contributed by atoms with Gasteiger partial charge in [-0.2, -0.15) is 0 Å². The lowest BCUT2D eigenvalue weighted by molar-refractivity contribution is 0.0672. The Morgan fingerprint density at radius 3 is 2.58 bits per heavy atom. The number of nitrogens with one attached hydrogen (secondary N) is 1. The molecule has 9 heteroatoms. The number of rotatable bonds is 8. The van der Waals surface area contributed by atoms with Crippen molar-refractivity contribution in [3.63, 3.8) is 0 Å². The average Bonchev–Trinajstić information content (AvgIpc) is 3.33. The van der Waals surface area contributed by atoms with E-state index in [9.17, 15) is 14.0 Å². The quantitative estimate of drug-likeness (QED) is 0.439. The molecule has 0 aromatic heterocycles. The van der Waals surface area contributed by atoms with Gasteiger partial charge < -0.3 is 25.4 Å². The van der Waals surface area contributed by atoms with Crippen molar-refractivity contribution in [1.82, 2.24) is 4.90 Å². The molecule has 0 unspecified atom stereocenters. The van der Waals surface area contributed by atoms with Gasteiger partial charge in [-0.25, -0.2) is 4.39 Å². The molecule has 0 saturated carbocycles. The maximum atomic E-state index is 13.8. The first-order valence-electron chi connectivity index (χ1n) is 11.4. The number of amides is 2. The van der Waals surface area contributed by atoms with Crippen LogP contribution in [-0.2, 0) is 6.54 Å². The molecule has 2 amide bonds. The predicted octanol–water partition coefficient (Wildman–Crippen LogP) is 5.09. The Labute approximate surface area is 213 Å². The van der Waals surface area contributed by atoms with Gasteiger partial charge >= 0.3 is 0 Å². The molecule has 0 atom stereocenters. The largest absolute Gasteiger partial charge is 0.454 e. The first kappa shape index (κ1) is 25.5. The summed E-state index contributed by atoms with van der Waals surface area (Å²) in [6.07, 6.45) is 0. The minimum atomic E-state index is -0.495. The minimum absolute atomic E-state index is 0.118. The van der Waals surface area contributed by atoms with Crippen molar-refractivity contribution in [2.75, 3.05) is 25.2 Å². The van der Waals surface area contributed by atoms with Crippen molar-refractivity contribution >= 4 is 29.1 Å². The number of fused-ring (bicyclic) bond motifs is 1. The van der Waals surface area contributed by atoms with Crippen LogP contribution in [0, 0.1) is 11.2 Å². The molecular formula is C27H27ClFN3O4. The van der Waals surface area contributed by atoms with Gasteiger partial charge in [0.15, 0.2) is 11.5 Å². The fraction of sp³-hybridized carbons (Fsp3) is 0.259. The van der Waals surface area contributed by atoms with Crippen molar-refractivity contribution in [1.29, 1.82) is 0 Å². The molecule has 0 aliphatic carbocycles. The van der Waals surface area contributed by atoms with Gasteiger partial charge in [0.25, 0.3) is 11.8 Å². The smallest absolute Gasteiger partial charge is 0.255 e. The van der Waals surface area contributed by atoms with Crippen LogP contribution >= 0.6 is 11.6 Å². The van der Waals surface area contributed by atoms with Gasteiger partial charge in [-0.1, -0.05) is 31.5 Å². The van der Waals surface area contributed by atoms with Crippen LogP contribution in [0.1, 0.15) is 40.1 Å². The van der Waals surface area contributed by atoms with E-state index in [1.807, 2.05) is 13.8 Å². The summed E-state index contributed by atoms with van der Waals surface area (Å²) in [7, 11) is 0. The van der Waals surface area contributed by atoms with E-state index in [2.05, 4.69) is 5.32 Å². The highest BCUT2D eigenvalue weighted by Gasteiger charge is 2.26. The summed E-state index contributed by atoms with van der Waals surface area (Å²) in [4.78, 5) is 27.7. The van der Waals surface area contributed by atoms with Crippen LogP contribution in [0.2, 0.25) is 5.02 Å². The normalized spacial score (nSPS) is 12.4. The summed E-state index contributed by atoms with van der Waals surface area (Å²) in [6, 6.07) is 15.5. The van der Waals surface area contributed by atoms with Gasteiger partial charge in [0.05, 0.1) is 0 Å². The van der Waals surface area contributed by atoms with Crippen LogP contribution < -0.4 is 20.5 Å². The van der Waals surface area contributed by atoms with E-state index >= 15 is 0 Å². The van der Waals surface area contributed by atoms with Crippen LogP contribution in [0.4, 0.5) is 10.1 Å². The lowest BCUT2D eigenvalue weighted by atomic mass is 9.92. The Morgan fingerprint density at radius 2 is 1.83 bits per heavy atom. The first-order chi connectivity index (χ1) is 17.1. The van der Waals surface area contributed by atoms with Crippen molar-refractivity contribution in [3.05, 3.63) is 88.2 Å². The maximum Gasteiger partial charge on any atom is 0.255 e. The third kappa shape index (κ3) is 5.95. The molecule has 1 heterocycles. The molecule has 0 radical (unpaired) electrons.